The average molecular weight is 287 g/mol. The highest BCUT2D eigenvalue weighted by molar-refractivity contribution is 6.31. The van der Waals surface area contributed by atoms with E-state index < -0.39 is 0 Å². The summed E-state index contributed by atoms with van der Waals surface area (Å²) in [6.07, 6.45) is 0. The van der Waals surface area contributed by atoms with Gasteiger partial charge < -0.3 is 4.90 Å². The smallest absolute Gasteiger partial charge is 0.0451 e. The summed E-state index contributed by atoms with van der Waals surface area (Å²) < 4.78 is 0. The van der Waals surface area contributed by atoms with Crippen LogP contribution in [0.4, 0.5) is 0 Å². The average Bonchev–Trinajstić information content (AvgIpc) is 2.18. The molecule has 0 aliphatic heterocycles. The fraction of sp³-hybridized carbons (Fsp3) is 0.400. The van der Waals surface area contributed by atoms with Crippen LogP contribution < -0.4 is 11.3 Å². The first-order chi connectivity index (χ1) is 6.74. The van der Waals surface area contributed by atoms with Gasteiger partial charge in [-0.05, 0) is 18.7 Å². The van der Waals surface area contributed by atoms with Gasteiger partial charge in [0.05, 0.1) is 0 Å². The number of nitrogens with two attached hydrogens (primary N) is 1. The van der Waals surface area contributed by atoms with Crippen LogP contribution in [-0.2, 0) is 6.54 Å². The molecule has 94 valence electrons. The number of hydrogen-bond donors (Lipinski definition) is 2. The molecule has 0 aliphatic carbocycles. The largest absolute Gasteiger partial charge is 0.301 e. The van der Waals surface area contributed by atoms with E-state index in [-0.39, 0.29) is 24.8 Å². The summed E-state index contributed by atoms with van der Waals surface area (Å²) in [6, 6.07) is 7.88. The van der Waals surface area contributed by atoms with Crippen LogP contribution in [0.3, 0.4) is 0 Å². The Morgan fingerprint density at radius 1 is 1.31 bits per heavy atom. The standard InChI is InChI=1S/C10H16ClN3.2ClH/c1-14(7-6-13-12)8-9-4-2-3-5-10(9)11;;/h2-5,13H,6-8,12H2,1H3;2*1H. The van der Waals surface area contributed by atoms with Crippen molar-refractivity contribution in [2.75, 3.05) is 20.1 Å². The van der Waals surface area contributed by atoms with E-state index in [0.717, 1.165) is 30.2 Å². The maximum atomic E-state index is 6.04. The van der Waals surface area contributed by atoms with Gasteiger partial charge in [-0.2, -0.15) is 0 Å². The van der Waals surface area contributed by atoms with Crippen LogP contribution in [-0.4, -0.2) is 25.0 Å². The van der Waals surface area contributed by atoms with E-state index in [1.54, 1.807) is 0 Å². The van der Waals surface area contributed by atoms with Gasteiger partial charge in [-0.15, -0.1) is 24.8 Å². The SMILES string of the molecule is CN(CCNN)Cc1ccccc1Cl.Cl.Cl. The molecule has 1 aromatic carbocycles. The predicted molar refractivity (Wildman–Crippen MR) is 74.5 cm³/mol. The number of nitrogens with zero attached hydrogens (tertiary/aromatic N) is 1. The van der Waals surface area contributed by atoms with E-state index in [4.69, 9.17) is 17.4 Å². The van der Waals surface area contributed by atoms with Gasteiger partial charge in [-0.3, -0.25) is 11.3 Å². The van der Waals surface area contributed by atoms with Gasteiger partial charge in [-0.1, -0.05) is 29.8 Å². The highest BCUT2D eigenvalue weighted by Gasteiger charge is 2.02. The lowest BCUT2D eigenvalue weighted by atomic mass is 10.2. The molecule has 0 bridgehead atoms. The minimum absolute atomic E-state index is 0. The minimum atomic E-state index is 0. The Morgan fingerprint density at radius 3 is 2.50 bits per heavy atom. The van der Waals surface area contributed by atoms with Crippen molar-refractivity contribution in [3.05, 3.63) is 34.9 Å². The molecule has 3 nitrogen and oxygen atoms in total. The van der Waals surface area contributed by atoms with Crippen LogP contribution in [0.5, 0.6) is 0 Å². The molecule has 0 unspecified atom stereocenters. The number of rotatable bonds is 5. The van der Waals surface area contributed by atoms with E-state index in [0.29, 0.717) is 0 Å². The maximum absolute atomic E-state index is 6.04. The monoisotopic (exact) mass is 285 g/mol. The predicted octanol–water partition coefficient (Wildman–Crippen LogP) is 2.08. The Morgan fingerprint density at radius 2 is 1.94 bits per heavy atom. The van der Waals surface area contributed by atoms with Crippen LogP contribution >= 0.6 is 36.4 Å². The van der Waals surface area contributed by atoms with Crippen molar-refractivity contribution in [3.8, 4) is 0 Å². The topological polar surface area (TPSA) is 41.3 Å². The fourth-order valence-corrected chi connectivity index (χ4v) is 1.45. The zero-order chi connectivity index (χ0) is 10.4. The lowest BCUT2D eigenvalue weighted by Crippen LogP contribution is -2.32. The summed E-state index contributed by atoms with van der Waals surface area (Å²) in [5.74, 6) is 5.20. The lowest BCUT2D eigenvalue weighted by Gasteiger charge is -2.16. The second kappa shape index (κ2) is 10.1. The molecule has 0 radical (unpaired) electrons. The molecule has 3 N–H and O–H groups in total. The van der Waals surface area contributed by atoms with E-state index in [9.17, 15) is 0 Å². The van der Waals surface area contributed by atoms with Crippen molar-refractivity contribution in [2.45, 2.75) is 6.54 Å². The van der Waals surface area contributed by atoms with Gasteiger partial charge >= 0.3 is 0 Å². The second-order valence-corrected chi connectivity index (χ2v) is 3.69. The molecular formula is C10H18Cl3N3. The number of nitrogens with one attached hydrogen (secondary N) is 1. The van der Waals surface area contributed by atoms with E-state index in [1.165, 1.54) is 0 Å². The molecular weight excluding hydrogens is 268 g/mol. The Balaban J connectivity index is 0. The Bertz CT molecular complexity index is 284. The zero-order valence-electron chi connectivity index (χ0n) is 9.15. The highest BCUT2D eigenvalue weighted by Crippen LogP contribution is 2.15. The molecule has 0 amide bonds. The Kier molecular flexibility index (Phi) is 11.6. The summed E-state index contributed by atoms with van der Waals surface area (Å²) in [5, 5.41) is 0.819. The molecule has 16 heavy (non-hydrogen) atoms. The highest BCUT2D eigenvalue weighted by atomic mass is 35.5. The van der Waals surface area contributed by atoms with E-state index >= 15 is 0 Å². The van der Waals surface area contributed by atoms with Crippen molar-refractivity contribution in [1.82, 2.24) is 10.3 Å². The second-order valence-electron chi connectivity index (χ2n) is 3.28. The minimum Gasteiger partial charge on any atom is -0.301 e. The van der Waals surface area contributed by atoms with Crippen LogP contribution in [0.25, 0.3) is 0 Å². The lowest BCUT2D eigenvalue weighted by molar-refractivity contribution is 0.325. The molecule has 0 fully saturated rings. The van der Waals surface area contributed by atoms with Gasteiger partial charge in [0.15, 0.2) is 0 Å². The summed E-state index contributed by atoms with van der Waals surface area (Å²) in [7, 11) is 2.04. The van der Waals surface area contributed by atoms with E-state index in [2.05, 4.69) is 10.3 Å². The number of hydrogen-bond acceptors (Lipinski definition) is 3. The van der Waals surface area contributed by atoms with Gasteiger partial charge in [0.25, 0.3) is 0 Å². The molecule has 0 saturated carbocycles. The molecule has 6 heteroatoms. The number of likely N-dealkylation sites (N-methyl/N-ethyl adjacent to an activating group) is 1. The molecule has 0 aromatic heterocycles. The Labute approximate surface area is 114 Å². The van der Waals surface area contributed by atoms with Gasteiger partial charge in [-0.25, -0.2) is 0 Å². The van der Waals surface area contributed by atoms with Crippen molar-refractivity contribution < 1.29 is 0 Å². The van der Waals surface area contributed by atoms with Crippen LogP contribution in [0.15, 0.2) is 24.3 Å². The maximum Gasteiger partial charge on any atom is 0.0451 e. The first-order valence-corrected chi connectivity index (χ1v) is 4.97. The quantitative estimate of drug-likeness (QED) is 0.643. The van der Waals surface area contributed by atoms with Crippen molar-refractivity contribution in [3.63, 3.8) is 0 Å². The van der Waals surface area contributed by atoms with Crippen LogP contribution in [0.2, 0.25) is 5.02 Å². The molecule has 1 rings (SSSR count). The third-order valence-corrected chi connectivity index (χ3v) is 2.40. The van der Waals surface area contributed by atoms with Gasteiger partial charge in [0.2, 0.25) is 0 Å². The van der Waals surface area contributed by atoms with Crippen LogP contribution in [0.1, 0.15) is 5.56 Å². The third-order valence-electron chi connectivity index (χ3n) is 2.04. The molecule has 0 atom stereocenters. The number of benzene rings is 1. The molecule has 0 saturated heterocycles. The molecule has 0 heterocycles. The molecule has 1 aromatic rings. The molecule has 0 aliphatic rings. The van der Waals surface area contributed by atoms with Crippen LogP contribution in [0, 0.1) is 0 Å². The van der Waals surface area contributed by atoms with Crippen molar-refractivity contribution >= 4 is 36.4 Å². The Hall–Kier alpha value is -0.0300. The van der Waals surface area contributed by atoms with Crippen molar-refractivity contribution in [2.24, 2.45) is 5.84 Å². The van der Waals surface area contributed by atoms with Gasteiger partial charge in [0.1, 0.15) is 0 Å². The van der Waals surface area contributed by atoms with Crippen molar-refractivity contribution in [1.29, 1.82) is 0 Å². The number of hydrazine groups is 1. The summed E-state index contributed by atoms with van der Waals surface area (Å²) in [6.45, 7) is 2.53. The normalized spacial score (nSPS) is 9.50. The van der Waals surface area contributed by atoms with E-state index in [1.807, 2.05) is 31.3 Å². The fourth-order valence-electron chi connectivity index (χ4n) is 1.25. The summed E-state index contributed by atoms with van der Waals surface area (Å²) >= 11 is 6.04. The first-order valence-electron chi connectivity index (χ1n) is 4.59. The molecule has 0 spiro atoms. The third kappa shape index (κ3) is 6.53. The van der Waals surface area contributed by atoms with Gasteiger partial charge in [0, 0.05) is 24.7 Å². The summed E-state index contributed by atoms with van der Waals surface area (Å²) in [5.41, 5.74) is 3.77. The first kappa shape index (κ1) is 18.3. The number of halogens is 3. The zero-order valence-corrected chi connectivity index (χ0v) is 11.5. The summed E-state index contributed by atoms with van der Waals surface area (Å²) in [4.78, 5) is 2.17.